The van der Waals surface area contributed by atoms with Crippen molar-refractivity contribution in [2.24, 2.45) is 0 Å². The molecule has 0 aliphatic rings. The first kappa shape index (κ1) is 10.1. The van der Waals surface area contributed by atoms with Crippen LogP contribution >= 0.6 is 23.2 Å². The van der Waals surface area contributed by atoms with E-state index >= 15 is 0 Å². The zero-order chi connectivity index (χ0) is 10.8. The maximum atomic E-state index is 11.8. The fourth-order valence-electron chi connectivity index (χ4n) is 1.05. The van der Waals surface area contributed by atoms with Gasteiger partial charge in [0.05, 0.1) is 11.8 Å². The van der Waals surface area contributed by atoms with Crippen molar-refractivity contribution in [2.45, 2.75) is 0 Å². The lowest BCUT2D eigenvalue weighted by Gasteiger charge is -1.99. The molecule has 6 heteroatoms. The molecule has 2 heterocycles. The summed E-state index contributed by atoms with van der Waals surface area (Å²) in [6.45, 7) is 0. The minimum Gasteiger partial charge on any atom is -0.461 e. The number of halogens is 2. The molecule has 0 bridgehead atoms. The molecule has 2 rings (SSSR count). The number of carbonyl (C=O) groups excluding carboxylic acids is 1. The van der Waals surface area contributed by atoms with Gasteiger partial charge in [-0.2, -0.15) is 0 Å². The number of hydrogen-bond donors (Lipinski definition) is 0. The van der Waals surface area contributed by atoms with Crippen molar-refractivity contribution in [1.29, 1.82) is 0 Å². The van der Waals surface area contributed by atoms with Crippen LogP contribution in [0.1, 0.15) is 16.1 Å². The fourth-order valence-corrected chi connectivity index (χ4v) is 1.38. The molecule has 0 saturated carbocycles. The van der Waals surface area contributed by atoms with Gasteiger partial charge in [0.2, 0.25) is 5.78 Å². The summed E-state index contributed by atoms with van der Waals surface area (Å²) in [5, 5.41) is 7.14. The van der Waals surface area contributed by atoms with Crippen molar-refractivity contribution in [1.82, 2.24) is 10.2 Å². The summed E-state index contributed by atoms with van der Waals surface area (Å²) in [6.07, 6.45) is 1.40. The molecule has 0 atom stereocenters. The zero-order valence-corrected chi connectivity index (χ0v) is 8.79. The molecule has 0 aromatic carbocycles. The van der Waals surface area contributed by atoms with Crippen molar-refractivity contribution < 1.29 is 9.21 Å². The number of ketones is 1. The maximum Gasteiger partial charge on any atom is 0.231 e. The van der Waals surface area contributed by atoms with E-state index in [1.54, 1.807) is 6.07 Å². The molecule has 0 aliphatic heterocycles. The highest BCUT2D eigenvalue weighted by atomic mass is 35.5. The highest BCUT2D eigenvalue weighted by molar-refractivity contribution is 6.34. The van der Waals surface area contributed by atoms with E-state index in [4.69, 9.17) is 27.6 Å². The predicted octanol–water partition coefficient (Wildman–Crippen LogP) is 2.61. The number of furan rings is 1. The lowest BCUT2D eigenvalue weighted by Crippen LogP contribution is -2.03. The van der Waals surface area contributed by atoms with Gasteiger partial charge < -0.3 is 4.42 Å². The van der Waals surface area contributed by atoms with Gasteiger partial charge in [-0.05, 0) is 18.2 Å². The van der Waals surface area contributed by atoms with Crippen LogP contribution in [0.25, 0.3) is 0 Å². The summed E-state index contributed by atoms with van der Waals surface area (Å²) in [5.74, 6) is -0.192. The van der Waals surface area contributed by atoms with Crippen LogP contribution in [0.3, 0.4) is 0 Å². The molecule has 2 aromatic heterocycles. The van der Waals surface area contributed by atoms with Crippen LogP contribution in [0, 0.1) is 0 Å². The second-order valence-corrected chi connectivity index (χ2v) is 3.42. The molecule has 15 heavy (non-hydrogen) atoms. The van der Waals surface area contributed by atoms with Crippen LogP contribution in [-0.4, -0.2) is 16.0 Å². The van der Waals surface area contributed by atoms with E-state index in [2.05, 4.69) is 10.2 Å². The monoisotopic (exact) mass is 242 g/mol. The third-order valence-electron chi connectivity index (χ3n) is 1.71. The number of carbonyl (C=O) groups is 1. The number of nitrogens with zero attached hydrogens (tertiary/aromatic N) is 2. The van der Waals surface area contributed by atoms with Crippen LogP contribution in [-0.2, 0) is 0 Å². The smallest absolute Gasteiger partial charge is 0.231 e. The molecule has 2 aromatic rings. The van der Waals surface area contributed by atoms with Gasteiger partial charge in [0.15, 0.2) is 16.1 Å². The van der Waals surface area contributed by atoms with E-state index in [1.807, 2.05) is 0 Å². The fraction of sp³-hybridized carbons (Fsp3) is 0. The Balaban J connectivity index is 2.46. The Morgan fingerprint density at radius 1 is 1.33 bits per heavy atom. The number of hydrogen-bond acceptors (Lipinski definition) is 4. The van der Waals surface area contributed by atoms with Gasteiger partial charge in [-0.25, -0.2) is 0 Å². The first-order valence-corrected chi connectivity index (χ1v) is 4.71. The van der Waals surface area contributed by atoms with Crippen molar-refractivity contribution in [3.63, 3.8) is 0 Å². The lowest BCUT2D eigenvalue weighted by molar-refractivity contribution is 0.101. The first-order valence-electron chi connectivity index (χ1n) is 3.95. The Morgan fingerprint density at radius 2 is 2.13 bits per heavy atom. The molecule has 0 radical (unpaired) electrons. The van der Waals surface area contributed by atoms with Crippen molar-refractivity contribution in [2.75, 3.05) is 0 Å². The second kappa shape index (κ2) is 4.00. The van der Waals surface area contributed by atoms with Crippen LogP contribution < -0.4 is 0 Å². The van der Waals surface area contributed by atoms with Gasteiger partial charge in [-0.1, -0.05) is 23.2 Å². The Morgan fingerprint density at radius 3 is 2.80 bits per heavy atom. The van der Waals surface area contributed by atoms with Gasteiger partial charge in [0.1, 0.15) is 0 Å². The molecule has 0 amide bonds. The quantitative estimate of drug-likeness (QED) is 0.760. The van der Waals surface area contributed by atoms with Crippen LogP contribution in [0.4, 0.5) is 0 Å². The SMILES string of the molecule is O=C(c1ccco1)c1cc(Cl)nnc1Cl. The maximum absolute atomic E-state index is 11.8. The van der Waals surface area contributed by atoms with E-state index in [-0.39, 0.29) is 27.4 Å². The number of aromatic nitrogens is 2. The Hall–Kier alpha value is -1.39. The third-order valence-corrected chi connectivity index (χ3v) is 2.17. The average Bonchev–Trinajstić information content (AvgIpc) is 2.74. The summed E-state index contributed by atoms with van der Waals surface area (Å²) in [7, 11) is 0. The average molecular weight is 243 g/mol. The van der Waals surface area contributed by atoms with Gasteiger partial charge in [-0.15, -0.1) is 10.2 Å². The van der Waals surface area contributed by atoms with Crippen LogP contribution in [0.15, 0.2) is 28.9 Å². The Kier molecular flexibility index (Phi) is 2.70. The molecule has 0 saturated heterocycles. The van der Waals surface area contributed by atoms with Crippen LogP contribution in [0.5, 0.6) is 0 Å². The van der Waals surface area contributed by atoms with Crippen LogP contribution in [0.2, 0.25) is 10.3 Å². The van der Waals surface area contributed by atoms with Gasteiger partial charge in [0.25, 0.3) is 0 Å². The van der Waals surface area contributed by atoms with E-state index in [1.165, 1.54) is 18.4 Å². The highest BCUT2D eigenvalue weighted by Crippen LogP contribution is 2.19. The minimum absolute atomic E-state index is 0.000741. The molecule has 0 fully saturated rings. The van der Waals surface area contributed by atoms with E-state index in [0.717, 1.165) is 0 Å². The van der Waals surface area contributed by atoms with E-state index < -0.39 is 0 Å². The number of rotatable bonds is 2. The Labute approximate surface area is 94.8 Å². The van der Waals surface area contributed by atoms with E-state index in [9.17, 15) is 4.79 Å². The highest BCUT2D eigenvalue weighted by Gasteiger charge is 2.17. The predicted molar refractivity (Wildman–Crippen MR) is 54.2 cm³/mol. The second-order valence-electron chi connectivity index (χ2n) is 2.68. The summed E-state index contributed by atoms with van der Waals surface area (Å²) < 4.78 is 4.95. The largest absolute Gasteiger partial charge is 0.461 e. The molecular formula is C9H4Cl2N2O2. The van der Waals surface area contributed by atoms with Gasteiger partial charge in [-0.3, -0.25) is 4.79 Å². The van der Waals surface area contributed by atoms with Crippen molar-refractivity contribution in [3.8, 4) is 0 Å². The normalized spacial score (nSPS) is 10.3. The zero-order valence-electron chi connectivity index (χ0n) is 7.28. The first-order chi connectivity index (χ1) is 7.18. The standard InChI is InChI=1S/C9H4Cl2N2O2/c10-7-4-5(9(11)13-12-7)8(14)6-2-1-3-15-6/h1-4H. The molecular weight excluding hydrogens is 239 g/mol. The summed E-state index contributed by atoms with van der Waals surface area (Å²) in [4.78, 5) is 11.8. The Bertz CT molecular complexity index is 497. The van der Waals surface area contributed by atoms with Crippen molar-refractivity contribution >= 4 is 29.0 Å². The van der Waals surface area contributed by atoms with Crippen molar-refractivity contribution in [3.05, 3.63) is 46.1 Å². The summed E-state index contributed by atoms with van der Waals surface area (Å²) in [6, 6.07) is 4.49. The minimum atomic E-state index is -0.373. The lowest BCUT2D eigenvalue weighted by atomic mass is 10.1. The van der Waals surface area contributed by atoms with Gasteiger partial charge >= 0.3 is 0 Å². The molecule has 0 aliphatic carbocycles. The third kappa shape index (κ3) is 2.00. The van der Waals surface area contributed by atoms with E-state index in [0.29, 0.717) is 0 Å². The molecule has 0 N–H and O–H groups in total. The molecule has 0 spiro atoms. The molecule has 0 unspecified atom stereocenters. The van der Waals surface area contributed by atoms with Gasteiger partial charge in [0, 0.05) is 0 Å². The summed E-state index contributed by atoms with van der Waals surface area (Å²) in [5.41, 5.74) is 0.173. The molecule has 4 nitrogen and oxygen atoms in total. The summed E-state index contributed by atoms with van der Waals surface area (Å²) >= 11 is 11.3. The molecule has 76 valence electrons. The topological polar surface area (TPSA) is 56.0 Å².